The van der Waals surface area contributed by atoms with Gasteiger partial charge in [0.05, 0.1) is 0 Å². The Morgan fingerprint density at radius 3 is 1.47 bits per heavy atom. The quantitative estimate of drug-likeness (QED) is 0.161. The topological polar surface area (TPSA) is 55.1 Å². The zero-order chi connectivity index (χ0) is 41.0. The Balaban J connectivity index is 1.01. The van der Waals surface area contributed by atoms with Gasteiger partial charge >= 0.3 is 0 Å². The molecule has 10 aromatic carbocycles. The van der Waals surface area contributed by atoms with Crippen LogP contribution in [0.15, 0.2) is 223 Å². The minimum absolute atomic E-state index is 0.620. The second-order valence-corrected chi connectivity index (χ2v) is 15.6. The fraction of sp³-hybridized carbons (Fsp3) is 0. The first-order valence-corrected chi connectivity index (χ1v) is 20.8. The number of aromatic nitrogens is 3. The van der Waals surface area contributed by atoms with Gasteiger partial charge in [0, 0.05) is 50.6 Å². The molecule has 0 atom stereocenters. The summed E-state index contributed by atoms with van der Waals surface area (Å²) in [5, 5.41) is 8.91. The zero-order valence-corrected chi connectivity index (χ0v) is 33.5. The molecule has 2 heterocycles. The highest BCUT2D eigenvalue weighted by Crippen LogP contribution is 2.44. The maximum absolute atomic E-state index is 6.69. The van der Waals surface area contributed by atoms with Gasteiger partial charge in [-0.2, -0.15) is 0 Å². The van der Waals surface area contributed by atoms with Crippen molar-refractivity contribution in [3.05, 3.63) is 218 Å². The third kappa shape index (κ3) is 6.14. The van der Waals surface area contributed by atoms with Gasteiger partial charge in [0.2, 0.25) is 0 Å². The molecule has 12 aromatic rings. The Morgan fingerprint density at radius 2 is 0.839 bits per heavy atom. The van der Waals surface area contributed by atoms with Crippen LogP contribution in [-0.4, -0.2) is 15.0 Å². The van der Waals surface area contributed by atoms with Gasteiger partial charge in [-0.1, -0.05) is 152 Å². The molecule has 0 aliphatic heterocycles. The molecule has 0 saturated carbocycles. The van der Waals surface area contributed by atoms with Gasteiger partial charge < -0.3 is 9.32 Å². The zero-order valence-electron chi connectivity index (χ0n) is 33.5. The van der Waals surface area contributed by atoms with E-state index >= 15 is 0 Å². The number of rotatable bonds is 7. The van der Waals surface area contributed by atoms with Gasteiger partial charge in [-0.3, -0.25) is 0 Å². The smallest absolute Gasteiger partial charge is 0.164 e. The third-order valence-electron chi connectivity index (χ3n) is 11.9. The molecule has 0 N–H and O–H groups in total. The van der Waals surface area contributed by atoms with Crippen molar-refractivity contribution in [3.8, 4) is 45.3 Å². The van der Waals surface area contributed by atoms with Gasteiger partial charge in [-0.15, -0.1) is 0 Å². The molecule has 0 bridgehead atoms. The number of anilines is 3. The van der Waals surface area contributed by atoms with Crippen molar-refractivity contribution in [2.24, 2.45) is 0 Å². The molecule has 5 heteroatoms. The molecule has 0 aliphatic rings. The number of furan rings is 1. The van der Waals surface area contributed by atoms with Crippen LogP contribution < -0.4 is 4.90 Å². The summed E-state index contributed by atoms with van der Waals surface area (Å²) in [5.74, 6) is 1.88. The highest BCUT2D eigenvalue weighted by Gasteiger charge is 2.20. The van der Waals surface area contributed by atoms with Crippen molar-refractivity contribution >= 4 is 71.3 Å². The molecule has 5 nitrogen and oxygen atoms in total. The number of nitrogens with zero attached hydrogens (tertiary/aromatic N) is 4. The van der Waals surface area contributed by atoms with E-state index < -0.39 is 0 Å². The van der Waals surface area contributed by atoms with Crippen LogP contribution in [-0.2, 0) is 0 Å². The van der Waals surface area contributed by atoms with Crippen LogP contribution in [0.1, 0.15) is 0 Å². The summed E-state index contributed by atoms with van der Waals surface area (Å²) in [6.07, 6.45) is 0. The van der Waals surface area contributed by atoms with E-state index in [9.17, 15) is 0 Å². The maximum Gasteiger partial charge on any atom is 0.164 e. The Hall–Kier alpha value is -8.41. The normalized spacial score (nSPS) is 11.5. The van der Waals surface area contributed by atoms with Crippen molar-refractivity contribution in [2.45, 2.75) is 0 Å². The first-order valence-electron chi connectivity index (χ1n) is 20.8. The van der Waals surface area contributed by atoms with E-state index in [1.807, 2.05) is 12.1 Å². The van der Waals surface area contributed by atoms with Crippen molar-refractivity contribution in [3.63, 3.8) is 0 Å². The fourth-order valence-corrected chi connectivity index (χ4v) is 8.92. The van der Waals surface area contributed by atoms with E-state index in [0.29, 0.717) is 17.5 Å². The highest BCUT2D eigenvalue weighted by molar-refractivity contribution is 6.17. The Bertz CT molecular complexity index is 3520. The van der Waals surface area contributed by atoms with Crippen LogP contribution >= 0.6 is 0 Å². The predicted molar refractivity (Wildman–Crippen MR) is 256 cm³/mol. The monoisotopic (exact) mass is 792 g/mol. The minimum atomic E-state index is 0.620. The molecule has 290 valence electrons. The summed E-state index contributed by atoms with van der Waals surface area (Å²) in [6, 6.07) is 76.3. The lowest BCUT2D eigenvalue weighted by Crippen LogP contribution is -2.09. The Kier molecular flexibility index (Phi) is 8.42. The van der Waals surface area contributed by atoms with Crippen LogP contribution in [0.25, 0.3) is 99.5 Å². The molecule has 0 radical (unpaired) electrons. The van der Waals surface area contributed by atoms with Crippen LogP contribution in [0.5, 0.6) is 0 Å². The van der Waals surface area contributed by atoms with E-state index in [0.717, 1.165) is 88.4 Å². The molecule has 0 fully saturated rings. The van der Waals surface area contributed by atoms with Crippen LogP contribution in [0, 0.1) is 0 Å². The second kappa shape index (κ2) is 14.7. The first kappa shape index (κ1) is 35.5. The summed E-state index contributed by atoms with van der Waals surface area (Å²) in [7, 11) is 0. The minimum Gasteiger partial charge on any atom is -0.456 e. The second-order valence-electron chi connectivity index (χ2n) is 15.6. The number of para-hydroxylation sites is 2. The first-order chi connectivity index (χ1) is 30.7. The van der Waals surface area contributed by atoms with Gasteiger partial charge in [0.1, 0.15) is 11.2 Å². The van der Waals surface area contributed by atoms with Gasteiger partial charge in [-0.25, -0.2) is 15.0 Å². The molecule has 12 rings (SSSR count). The van der Waals surface area contributed by atoms with Crippen molar-refractivity contribution in [1.82, 2.24) is 15.0 Å². The largest absolute Gasteiger partial charge is 0.456 e. The summed E-state index contributed by atoms with van der Waals surface area (Å²) in [5.41, 5.74) is 9.86. The van der Waals surface area contributed by atoms with E-state index in [2.05, 4.69) is 211 Å². The fourth-order valence-electron chi connectivity index (χ4n) is 8.92. The van der Waals surface area contributed by atoms with Crippen molar-refractivity contribution < 1.29 is 4.42 Å². The SMILES string of the molecule is c1ccc(N(c2ccccc2)c2ccc3c(c2)oc2cccc(-c4ccc(-c5nc(-c6ccc7ccccc7c6)nc(-c6ccc7ccccc7c6)n5)c5ccccc45)c23)cc1. The average molecular weight is 793 g/mol. The molecule has 0 spiro atoms. The number of benzene rings is 10. The molecular weight excluding hydrogens is 757 g/mol. The van der Waals surface area contributed by atoms with Crippen molar-refractivity contribution in [2.75, 3.05) is 4.90 Å². The molecule has 2 aromatic heterocycles. The predicted octanol–water partition coefficient (Wildman–Crippen LogP) is 15.4. The van der Waals surface area contributed by atoms with Crippen LogP contribution in [0.3, 0.4) is 0 Å². The highest BCUT2D eigenvalue weighted by atomic mass is 16.3. The average Bonchev–Trinajstić information content (AvgIpc) is 3.72. The van der Waals surface area contributed by atoms with Crippen LogP contribution in [0.2, 0.25) is 0 Å². The van der Waals surface area contributed by atoms with Crippen LogP contribution in [0.4, 0.5) is 17.1 Å². The summed E-state index contributed by atoms with van der Waals surface area (Å²) < 4.78 is 6.69. The van der Waals surface area contributed by atoms with Gasteiger partial charge in [0.15, 0.2) is 17.5 Å². The van der Waals surface area contributed by atoms with E-state index in [1.165, 1.54) is 10.8 Å². The maximum atomic E-state index is 6.69. The van der Waals surface area contributed by atoms with Crippen molar-refractivity contribution in [1.29, 1.82) is 0 Å². The molecule has 0 aliphatic carbocycles. The van der Waals surface area contributed by atoms with E-state index in [1.54, 1.807) is 0 Å². The number of fused-ring (bicyclic) bond motifs is 6. The van der Waals surface area contributed by atoms with Gasteiger partial charge in [-0.05, 0) is 104 Å². The summed E-state index contributed by atoms with van der Waals surface area (Å²) in [6.45, 7) is 0. The third-order valence-corrected chi connectivity index (χ3v) is 11.9. The Labute approximate surface area is 357 Å². The summed E-state index contributed by atoms with van der Waals surface area (Å²) in [4.78, 5) is 17.8. The van der Waals surface area contributed by atoms with Gasteiger partial charge in [0.25, 0.3) is 0 Å². The Morgan fingerprint density at radius 1 is 0.306 bits per heavy atom. The summed E-state index contributed by atoms with van der Waals surface area (Å²) >= 11 is 0. The lowest BCUT2D eigenvalue weighted by molar-refractivity contribution is 0.669. The molecule has 0 amide bonds. The molecule has 62 heavy (non-hydrogen) atoms. The molecule has 0 saturated heterocycles. The number of hydrogen-bond acceptors (Lipinski definition) is 5. The lowest BCUT2D eigenvalue weighted by Gasteiger charge is -2.25. The number of hydrogen-bond donors (Lipinski definition) is 0. The van der Waals surface area contributed by atoms with E-state index in [-0.39, 0.29) is 0 Å². The molecular formula is C57H36N4O. The molecule has 0 unspecified atom stereocenters. The standard InChI is InChI=1S/C57H36N4O/c1-3-18-43(19-4-1)61(44-20-5-2-6-21-44)45-30-31-51-53(36-45)62-52-25-13-24-49(54(51)52)48-32-33-50(47-23-12-11-22-46(47)48)57-59-55(41-28-26-37-14-7-9-16-39(37)34-41)58-56(60-57)42-29-27-38-15-8-10-17-40(38)35-42/h1-36H. The van der Waals surface area contributed by atoms with E-state index in [4.69, 9.17) is 19.4 Å². The lowest BCUT2D eigenvalue weighted by atomic mass is 9.92.